The average Bonchev–Trinajstić information content (AvgIpc) is 3.50. The molecule has 1 aromatic heterocycles. The molecule has 0 radical (unpaired) electrons. The number of nitrogens with zero attached hydrogens (tertiary/aromatic N) is 3. The molecule has 232 valence electrons. The second-order valence-electron chi connectivity index (χ2n) is 9.52. The average molecular weight is 626 g/mol. The fraction of sp³-hybridized carbons (Fsp3) is 0.241. The summed E-state index contributed by atoms with van der Waals surface area (Å²) >= 11 is 0. The number of carbonyl (C=O) groups excluding carboxylic acids is 2. The molecule has 4 rings (SSSR count). The van der Waals surface area contributed by atoms with Gasteiger partial charge in [0, 0.05) is 22.4 Å². The Bertz CT molecular complexity index is 1630. The Labute approximate surface area is 244 Å². The summed E-state index contributed by atoms with van der Waals surface area (Å²) in [6, 6.07) is 9.54. The molecule has 0 saturated heterocycles. The van der Waals surface area contributed by atoms with Crippen molar-refractivity contribution < 1.29 is 44.7 Å². The van der Waals surface area contributed by atoms with E-state index >= 15 is 0 Å². The lowest BCUT2D eigenvalue weighted by Crippen LogP contribution is -2.50. The zero-order chi connectivity index (χ0) is 32.4. The Balaban J connectivity index is 1.74. The molecule has 2 amide bonds. The zero-order valence-corrected chi connectivity index (χ0v) is 22.9. The molecule has 7 nitrogen and oxygen atoms in total. The van der Waals surface area contributed by atoms with Gasteiger partial charge in [-0.1, -0.05) is 13.8 Å². The molecule has 0 spiro atoms. The highest BCUT2D eigenvalue weighted by Crippen LogP contribution is 2.54. The third-order valence-electron chi connectivity index (χ3n) is 6.76. The highest BCUT2D eigenvalue weighted by Gasteiger charge is 2.73. The van der Waals surface area contributed by atoms with Crippen molar-refractivity contribution in [2.45, 2.75) is 44.7 Å². The van der Waals surface area contributed by atoms with E-state index in [1.54, 1.807) is 0 Å². The zero-order valence-electron chi connectivity index (χ0n) is 22.9. The summed E-state index contributed by atoms with van der Waals surface area (Å²) in [7, 11) is 0. The maximum Gasteiger partial charge on any atom is 0.435 e. The molecule has 1 heterocycles. The minimum Gasteiger partial charge on any atom is -0.321 e. The molecular weight excluding hydrogens is 602 g/mol. The molecule has 0 aliphatic rings. The molecule has 2 N–H and O–H groups in total. The molecular formula is C29H23F8N5O2. The van der Waals surface area contributed by atoms with Gasteiger partial charge in [0.1, 0.15) is 18.5 Å². The smallest absolute Gasteiger partial charge is 0.321 e. The van der Waals surface area contributed by atoms with Crippen LogP contribution in [0.5, 0.6) is 0 Å². The van der Waals surface area contributed by atoms with Crippen LogP contribution in [-0.4, -0.2) is 38.9 Å². The molecule has 0 unspecified atom stereocenters. The van der Waals surface area contributed by atoms with E-state index in [4.69, 9.17) is 0 Å². The van der Waals surface area contributed by atoms with E-state index in [0.717, 1.165) is 12.1 Å². The molecule has 0 aliphatic heterocycles. The summed E-state index contributed by atoms with van der Waals surface area (Å²) in [6.07, 6.45) is -10.4. The normalized spacial score (nSPS) is 12.2. The highest BCUT2D eigenvalue weighted by atomic mass is 19.4. The van der Waals surface area contributed by atoms with Crippen LogP contribution in [0.4, 0.5) is 46.5 Å². The van der Waals surface area contributed by atoms with Crippen molar-refractivity contribution >= 4 is 23.2 Å². The number of carbonyl (C=O) groups is 2. The van der Waals surface area contributed by atoms with E-state index in [0.29, 0.717) is 12.1 Å². The summed E-state index contributed by atoms with van der Waals surface area (Å²) in [4.78, 5) is 30.1. The van der Waals surface area contributed by atoms with Gasteiger partial charge in [-0.25, -0.2) is 18.4 Å². The minimum atomic E-state index is -6.30. The van der Waals surface area contributed by atoms with E-state index < -0.39 is 41.2 Å². The molecule has 44 heavy (non-hydrogen) atoms. The number of benzene rings is 3. The monoisotopic (exact) mass is 625 g/mol. The lowest BCUT2D eigenvalue weighted by atomic mass is 9.88. The Morgan fingerprint density at radius 2 is 1.32 bits per heavy atom. The quantitative estimate of drug-likeness (QED) is 0.201. The lowest BCUT2D eigenvalue weighted by molar-refractivity contribution is -0.348. The Morgan fingerprint density at radius 3 is 1.82 bits per heavy atom. The van der Waals surface area contributed by atoms with Gasteiger partial charge in [-0.3, -0.25) is 9.59 Å². The third kappa shape index (κ3) is 6.12. The van der Waals surface area contributed by atoms with Gasteiger partial charge in [0.25, 0.3) is 11.8 Å². The van der Waals surface area contributed by atoms with Gasteiger partial charge in [0.2, 0.25) is 0 Å². The van der Waals surface area contributed by atoms with Crippen LogP contribution < -0.4 is 10.6 Å². The summed E-state index contributed by atoms with van der Waals surface area (Å²) in [5.41, 5.74) is -7.31. The fourth-order valence-corrected chi connectivity index (χ4v) is 4.46. The van der Waals surface area contributed by atoms with E-state index in [9.17, 15) is 44.7 Å². The number of nitrogens with one attached hydrogen (secondary N) is 2. The SMILES string of the molecule is CCc1cc(C(F)(C(F)(F)F)C(F)(F)F)cc(CC)c1NC(=O)c1ccc(-n2cncn2)c(NC(=O)c2ccc(F)cc2)c1. The first-order chi connectivity index (χ1) is 20.6. The van der Waals surface area contributed by atoms with Crippen molar-refractivity contribution in [3.8, 4) is 5.69 Å². The van der Waals surface area contributed by atoms with Crippen molar-refractivity contribution in [1.29, 1.82) is 0 Å². The molecule has 4 aromatic rings. The van der Waals surface area contributed by atoms with E-state index in [-0.39, 0.29) is 52.2 Å². The predicted molar refractivity (Wildman–Crippen MR) is 144 cm³/mol. The number of amides is 2. The van der Waals surface area contributed by atoms with Crippen molar-refractivity contribution in [2.75, 3.05) is 10.6 Å². The van der Waals surface area contributed by atoms with Gasteiger partial charge in [-0.2, -0.15) is 31.4 Å². The van der Waals surface area contributed by atoms with Gasteiger partial charge in [0.15, 0.2) is 0 Å². The molecule has 0 fully saturated rings. The van der Waals surface area contributed by atoms with Crippen molar-refractivity contribution in [1.82, 2.24) is 14.8 Å². The van der Waals surface area contributed by atoms with Gasteiger partial charge in [-0.05, 0) is 78.6 Å². The van der Waals surface area contributed by atoms with E-state index in [1.165, 1.54) is 61.5 Å². The fourth-order valence-electron chi connectivity index (χ4n) is 4.46. The Kier molecular flexibility index (Phi) is 8.79. The summed E-state index contributed by atoms with van der Waals surface area (Å²) < 4.78 is 110. The number of aromatic nitrogens is 3. The van der Waals surface area contributed by atoms with Crippen LogP contribution in [0.15, 0.2) is 67.3 Å². The summed E-state index contributed by atoms with van der Waals surface area (Å²) in [5, 5.41) is 9.12. The largest absolute Gasteiger partial charge is 0.435 e. The first kappa shape index (κ1) is 32.1. The Hall–Kier alpha value is -4.82. The van der Waals surface area contributed by atoms with Crippen molar-refractivity contribution in [3.63, 3.8) is 0 Å². The Morgan fingerprint density at radius 1 is 0.773 bits per heavy atom. The van der Waals surface area contributed by atoms with Crippen LogP contribution in [0.25, 0.3) is 5.69 Å². The van der Waals surface area contributed by atoms with Crippen LogP contribution in [0.2, 0.25) is 0 Å². The third-order valence-corrected chi connectivity index (χ3v) is 6.76. The molecule has 15 heteroatoms. The first-order valence-corrected chi connectivity index (χ1v) is 13.0. The molecule has 0 saturated carbocycles. The highest BCUT2D eigenvalue weighted by molar-refractivity contribution is 6.08. The van der Waals surface area contributed by atoms with Gasteiger partial charge < -0.3 is 10.6 Å². The molecule has 0 aliphatic carbocycles. The number of hydrogen-bond donors (Lipinski definition) is 2. The maximum absolute atomic E-state index is 14.9. The van der Waals surface area contributed by atoms with E-state index in [1.807, 2.05) is 0 Å². The summed E-state index contributed by atoms with van der Waals surface area (Å²) in [5.74, 6) is -2.06. The number of rotatable bonds is 8. The molecule has 3 aromatic carbocycles. The minimum absolute atomic E-state index is 0.0665. The molecule has 0 atom stereocenters. The second kappa shape index (κ2) is 12.1. The topological polar surface area (TPSA) is 88.9 Å². The number of hydrogen-bond acceptors (Lipinski definition) is 4. The lowest BCUT2D eigenvalue weighted by Gasteiger charge is -2.31. The number of alkyl halides is 7. The standard InChI is InChI=1S/C29H23F8N5O2/c1-3-16-11-20(27(31,28(32,33)34)29(35,36)37)12-17(4-2)24(16)41-26(44)19-7-10-23(42-15-38-14-39-42)22(13-19)40-25(43)18-5-8-21(30)9-6-18/h5-15H,3-4H2,1-2H3,(H,40,43)(H,41,44). The van der Waals surface area contributed by atoms with Gasteiger partial charge >= 0.3 is 18.0 Å². The van der Waals surface area contributed by atoms with Crippen LogP contribution in [0.1, 0.15) is 51.3 Å². The van der Waals surface area contributed by atoms with Crippen molar-refractivity contribution in [2.24, 2.45) is 0 Å². The van der Waals surface area contributed by atoms with Crippen LogP contribution in [0.3, 0.4) is 0 Å². The van der Waals surface area contributed by atoms with Crippen LogP contribution in [-0.2, 0) is 18.5 Å². The van der Waals surface area contributed by atoms with Crippen LogP contribution >= 0.6 is 0 Å². The predicted octanol–water partition coefficient (Wildman–Crippen LogP) is 7.33. The summed E-state index contributed by atoms with van der Waals surface area (Å²) in [6.45, 7) is 2.84. The molecule has 0 bridgehead atoms. The second-order valence-corrected chi connectivity index (χ2v) is 9.52. The first-order valence-electron chi connectivity index (χ1n) is 13.0. The van der Waals surface area contributed by atoms with Crippen LogP contribution in [0, 0.1) is 5.82 Å². The van der Waals surface area contributed by atoms with Crippen molar-refractivity contribution in [3.05, 3.63) is 101 Å². The number of anilines is 2. The number of aryl methyl sites for hydroxylation is 2. The van der Waals surface area contributed by atoms with E-state index in [2.05, 4.69) is 20.7 Å². The maximum atomic E-state index is 14.9. The number of halogens is 8. The van der Waals surface area contributed by atoms with Gasteiger partial charge in [0.05, 0.1) is 11.4 Å². The van der Waals surface area contributed by atoms with Gasteiger partial charge in [-0.15, -0.1) is 0 Å².